The third kappa shape index (κ3) is 3.61. The molecule has 0 saturated carbocycles. The molecule has 0 aliphatic rings. The molecule has 2 aromatic heterocycles. The van der Waals surface area contributed by atoms with Gasteiger partial charge in [0.25, 0.3) is 0 Å². The molecule has 0 unspecified atom stereocenters. The molecule has 43 heavy (non-hydrogen) atoms. The van der Waals surface area contributed by atoms with Crippen LogP contribution in [0, 0.1) is 29.6 Å². The van der Waals surface area contributed by atoms with E-state index in [9.17, 15) is 10.5 Å². The predicted molar refractivity (Wildman–Crippen MR) is 175 cm³/mol. The van der Waals surface area contributed by atoms with E-state index in [1.165, 1.54) is 16.3 Å². The topological polar surface area (TPSA) is 57.4 Å². The fourth-order valence-corrected chi connectivity index (χ4v) is 6.61. The van der Waals surface area contributed by atoms with Gasteiger partial charge in [0.15, 0.2) is 0 Å². The first-order chi connectivity index (χ1) is 21.2. The Hall–Kier alpha value is -6.10. The van der Waals surface area contributed by atoms with Gasteiger partial charge in [-0.3, -0.25) is 0 Å². The zero-order valence-electron chi connectivity index (χ0n) is 23.4. The standard InChI is InChI=1S/C39H24N4/c1-25-20-28(24-41)38(22-27(25)23-40)43-35-16-8-6-13-32(35)39-30(14-9-17-37(39)43)26-18-19-36-33(21-26)31-12-5-7-15-34(31)42(36)29-10-3-2-4-11-29/h2-22H,1H3. The molecule has 0 radical (unpaired) electrons. The maximum Gasteiger partial charge on any atom is 0.101 e. The molecule has 0 fully saturated rings. The van der Waals surface area contributed by atoms with E-state index < -0.39 is 0 Å². The van der Waals surface area contributed by atoms with Crippen molar-refractivity contribution in [2.45, 2.75) is 6.92 Å². The lowest BCUT2D eigenvalue weighted by Crippen LogP contribution is -2.00. The van der Waals surface area contributed by atoms with Crippen LogP contribution in [0.25, 0.3) is 66.1 Å². The minimum absolute atomic E-state index is 0.541. The third-order valence-corrected chi connectivity index (χ3v) is 8.52. The van der Waals surface area contributed by atoms with Crippen molar-refractivity contribution >= 4 is 43.6 Å². The zero-order chi connectivity index (χ0) is 29.1. The summed E-state index contributed by atoms with van der Waals surface area (Å²) in [5.41, 5.74) is 10.3. The number of aromatic nitrogens is 2. The van der Waals surface area contributed by atoms with Crippen molar-refractivity contribution in [3.63, 3.8) is 0 Å². The molecule has 8 aromatic rings. The normalized spacial score (nSPS) is 11.3. The first-order valence-electron chi connectivity index (χ1n) is 14.2. The average Bonchev–Trinajstić information content (AvgIpc) is 3.57. The van der Waals surface area contributed by atoms with Crippen LogP contribution in [0.2, 0.25) is 0 Å². The summed E-state index contributed by atoms with van der Waals surface area (Å²) >= 11 is 0. The smallest absolute Gasteiger partial charge is 0.101 e. The Labute approximate surface area is 248 Å². The molecule has 0 bridgehead atoms. The molecule has 8 rings (SSSR count). The van der Waals surface area contributed by atoms with Crippen LogP contribution in [0.1, 0.15) is 16.7 Å². The maximum atomic E-state index is 10.1. The second-order valence-corrected chi connectivity index (χ2v) is 10.9. The van der Waals surface area contributed by atoms with Crippen LogP contribution in [-0.4, -0.2) is 9.13 Å². The van der Waals surface area contributed by atoms with Gasteiger partial charge >= 0.3 is 0 Å². The highest BCUT2D eigenvalue weighted by molar-refractivity contribution is 6.17. The predicted octanol–water partition coefficient (Wildman–Crippen LogP) is 9.60. The van der Waals surface area contributed by atoms with Crippen LogP contribution in [0.5, 0.6) is 0 Å². The van der Waals surface area contributed by atoms with E-state index in [1.54, 1.807) is 0 Å². The fourth-order valence-electron chi connectivity index (χ4n) is 6.61. The monoisotopic (exact) mass is 548 g/mol. The quantitative estimate of drug-likeness (QED) is 0.221. The molecule has 0 aliphatic carbocycles. The Morgan fingerprint density at radius 1 is 0.512 bits per heavy atom. The van der Waals surface area contributed by atoms with E-state index in [4.69, 9.17) is 0 Å². The van der Waals surface area contributed by atoms with Crippen LogP contribution in [-0.2, 0) is 0 Å². The van der Waals surface area contributed by atoms with Gasteiger partial charge in [0.2, 0.25) is 0 Å². The summed E-state index contributed by atoms with van der Waals surface area (Å²) in [5.74, 6) is 0. The molecule has 0 N–H and O–H groups in total. The molecule has 0 atom stereocenters. The van der Waals surface area contributed by atoms with Crippen molar-refractivity contribution in [3.8, 4) is 34.6 Å². The zero-order valence-corrected chi connectivity index (χ0v) is 23.4. The Bertz CT molecular complexity index is 2480. The molecule has 0 spiro atoms. The number of nitrogens with zero attached hydrogens (tertiary/aromatic N) is 4. The largest absolute Gasteiger partial charge is 0.309 e. The highest BCUT2D eigenvalue weighted by Gasteiger charge is 2.20. The summed E-state index contributed by atoms with van der Waals surface area (Å²) in [4.78, 5) is 0. The van der Waals surface area contributed by atoms with Gasteiger partial charge < -0.3 is 9.13 Å². The lowest BCUT2D eigenvalue weighted by molar-refractivity contribution is 1.16. The van der Waals surface area contributed by atoms with Crippen molar-refractivity contribution in [2.75, 3.05) is 0 Å². The van der Waals surface area contributed by atoms with E-state index in [0.29, 0.717) is 11.1 Å². The molecule has 0 amide bonds. The lowest BCUT2D eigenvalue weighted by atomic mass is 9.98. The van der Waals surface area contributed by atoms with Crippen molar-refractivity contribution in [1.82, 2.24) is 9.13 Å². The maximum absolute atomic E-state index is 10.1. The molecule has 200 valence electrons. The minimum Gasteiger partial charge on any atom is -0.309 e. The van der Waals surface area contributed by atoms with Crippen LogP contribution < -0.4 is 0 Å². The second-order valence-electron chi connectivity index (χ2n) is 10.9. The molecular weight excluding hydrogens is 524 g/mol. The Morgan fingerprint density at radius 3 is 1.93 bits per heavy atom. The number of benzene rings is 6. The molecular formula is C39H24N4. The summed E-state index contributed by atoms with van der Waals surface area (Å²) in [6.45, 7) is 1.87. The number of hydrogen-bond acceptors (Lipinski definition) is 2. The summed E-state index contributed by atoms with van der Waals surface area (Å²) < 4.78 is 4.46. The van der Waals surface area contributed by atoms with Gasteiger partial charge in [0.05, 0.1) is 45.0 Å². The van der Waals surface area contributed by atoms with Crippen molar-refractivity contribution in [2.24, 2.45) is 0 Å². The molecule has 0 saturated heterocycles. The second kappa shape index (κ2) is 9.48. The van der Waals surface area contributed by atoms with Gasteiger partial charge in [0.1, 0.15) is 6.07 Å². The van der Waals surface area contributed by atoms with Crippen LogP contribution in [0.4, 0.5) is 0 Å². The van der Waals surface area contributed by atoms with E-state index in [1.807, 2.05) is 31.2 Å². The number of rotatable bonds is 3. The van der Waals surface area contributed by atoms with E-state index in [-0.39, 0.29) is 0 Å². The van der Waals surface area contributed by atoms with Crippen LogP contribution in [0.3, 0.4) is 0 Å². The number of hydrogen-bond donors (Lipinski definition) is 0. The molecule has 2 heterocycles. The molecule has 4 heteroatoms. The van der Waals surface area contributed by atoms with Gasteiger partial charge in [-0.1, -0.05) is 72.8 Å². The van der Waals surface area contributed by atoms with E-state index >= 15 is 0 Å². The molecule has 4 nitrogen and oxygen atoms in total. The summed E-state index contributed by atoms with van der Waals surface area (Å²) in [6.07, 6.45) is 0. The Morgan fingerprint density at radius 2 is 1.16 bits per heavy atom. The number of para-hydroxylation sites is 3. The lowest BCUT2D eigenvalue weighted by Gasteiger charge is -2.12. The minimum atomic E-state index is 0.541. The third-order valence-electron chi connectivity index (χ3n) is 8.52. The van der Waals surface area contributed by atoms with Gasteiger partial charge in [-0.25, -0.2) is 0 Å². The highest BCUT2D eigenvalue weighted by atomic mass is 15.0. The number of nitriles is 2. The first-order valence-corrected chi connectivity index (χ1v) is 14.2. The fraction of sp³-hybridized carbons (Fsp3) is 0.0256. The Balaban J connectivity index is 1.44. The highest BCUT2D eigenvalue weighted by Crippen LogP contribution is 2.41. The summed E-state index contributed by atoms with van der Waals surface area (Å²) in [6, 6.07) is 48.8. The van der Waals surface area contributed by atoms with Crippen LogP contribution >= 0.6 is 0 Å². The van der Waals surface area contributed by atoms with Gasteiger partial charge in [-0.05, 0) is 78.2 Å². The first kappa shape index (κ1) is 24.7. The summed E-state index contributed by atoms with van der Waals surface area (Å²) in [5, 5.41) is 24.5. The van der Waals surface area contributed by atoms with Gasteiger partial charge in [-0.2, -0.15) is 10.5 Å². The van der Waals surface area contributed by atoms with Crippen molar-refractivity contribution in [3.05, 3.63) is 144 Å². The average molecular weight is 549 g/mol. The Kier molecular flexibility index (Phi) is 5.44. The van der Waals surface area contributed by atoms with Crippen LogP contribution in [0.15, 0.2) is 127 Å². The van der Waals surface area contributed by atoms with E-state index in [2.05, 4.69) is 124 Å². The van der Waals surface area contributed by atoms with Crippen molar-refractivity contribution in [1.29, 1.82) is 10.5 Å². The van der Waals surface area contributed by atoms with Gasteiger partial charge in [-0.15, -0.1) is 0 Å². The number of aryl methyl sites for hydroxylation is 1. The number of fused-ring (bicyclic) bond motifs is 6. The summed E-state index contributed by atoms with van der Waals surface area (Å²) in [7, 11) is 0. The van der Waals surface area contributed by atoms with Gasteiger partial charge in [0, 0.05) is 27.2 Å². The molecule has 0 aliphatic heterocycles. The van der Waals surface area contributed by atoms with E-state index in [0.717, 1.165) is 55.4 Å². The SMILES string of the molecule is Cc1cc(C#N)c(-n2c3ccccc3c3c(-c4ccc5c(c4)c4ccccc4n5-c4ccccc4)cccc32)cc1C#N. The van der Waals surface area contributed by atoms with Crippen molar-refractivity contribution < 1.29 is 0 Å². The molecule has 6 aromatic carbocycles.